The molecule has 42 heavy (non-hydrogen) atoms. The average molecular weight is 672 g/mol. The highest BCUT2D eigenvalue weighted by atomic mass is 79.9. The number of hydrogen-bond donors (Lipinski definition) is 3. The van der Waals surface area contributed by atoms with E-state index in [1.807, 2.05) is 30.3 Å². The van der Waals surface area contributed by atoms with Crippen LogP contribution in [-0.4, -0.2) is 36.4 Å². The molecule has 0 aliphatic carbocycles. The van der Waals surface area contributed by atoms with Gasteiger partial charge in [0.25, 0.3) is 5.91 Å². The van der Waals surface area contributed by atoms with Crippen molar-refractivity contribution in [2.45, 2.75) is 26.5 Å². The van der Waals surface area contributed by atoms with E-state index >= 15 is 0 Å². The normalized spacial score (nSPS) is 14.7. The third-order valence-electron chi connectivity index (χ3n) is 6.00. The third-order valence-corrected chi connectivity index (χ3v) is 7.09. The fourth-order valence-electron chi connectivity index (χ4n) is 4.13. The molecule has 3 aromatic rings. The SMILES string of the molecule is CCOC(=O)C1=C(C)NC(=S)N[C@@H]1c1ccccc1OCC(=O)NN=Cc1cc(Cl)c(OCc2ccccc2)c(Br)c1. The molecular weight excluding hydrogens is 644 g/mol. The Labute approximate surface area is 262 Å². The van der Waals surface area contributed by atoms with Gasteiger partial charge in [0.2, 0.25) is 0 Å². The number of thiocarbonyl (C=S) groups is 1. The molecule has 0 unspecified atom stereocenters. The first kappa shape index (κ1) is 31.0. The van der Waals surface area contributed by atoms with Crippen molar-refractivity contribution in [2.24, 2.45) is 5.10 Å². The molecule has 1 atom stereocenters. The van der Waals surface area contributed by atoms with Crippen molar-refractivity contribution in [3.8, 4) is 11.5 Å². The molecule has 1 aliphatic rings. The maximum atomic E-state index is 12.7. The molecule has 218 valence electrons. The lowest BCUT2D eigenvalue weighted by molar-refractivity contribution is -0.139. The molecule has 3 N–H and O–H groups in total. The Morgan fingerprint density at radius 3 is 2.60 bits per heavy atom. The van der Waals surface area contributed by atoms with Crippen molar-refractivity contribution in [1.82, 2.24) is 16.1 Å². The Hall–Kier alpha value is -3.93. The van der Waals surface area contributed by atoms with E-state index in [2.05, 4.69) is 37.1 Å². The minimum Gasteiger partial charge on any atom is -0.486 e. The number of carbonyl (C=O) groups excluding carboxylic acids is 2. The van der Waals surface area contributed by atoms with Crippen LogP contribution in [-0.2, 0) is 20.9 Å². The fraction of sp³-hybridized carbons (Fsp3) is 0.200. The van der Waals surface area contributed by atoms with Gasteiger partial charge in [-0.3, -0.25) is 4.79 Å². The van der Waals surface area contributed by atoms with Gasteiger partial charge in [0.1, 0.15) is 12.4 Å². The standard InChI is InChI=1S/C30H28BrClN4O5S/c1-3-39-29(38)26-18(2)34-30(42)35-27(26)21-11-7-8-12-24(21)40-17-25(37)36-33-15-20-13-22(31)28(23(32)14-20)41-16-19-9-5-4-6-10-19/h4-15,27H,3,16-17H2,1-2H3,(H,36,37)(H2,34,35,42)/t27-/m1/s1. The molecule has 9 nitrogen and oxygen atoms in total. The lowest BCUT2D eigenvalue weighted by Gasteiger charge is -2.30. The van der Waals surface area contributed by atoms with E-state index < -0.39 is 17.9 Å². The van der Waals surface area contributed by atoms with E-state index in [1.165, 1.54) is 6.21 Å². The smallest absolute Gasteiger partial charge is 0.338 e. The Morgan fingerprint density at radius 2 is 1.86 bits per heavy atom. The van der Waals surface area contributed by atoms with Crippen LogP contribution < -0.4 is 25.5 Å². The number of ether oxygens (including phenoxy) is 3. The van der Waals surface area contributed by atoms with Crippen LogP contribution in [0.3, 0.4) is 0 Å². The second kappa shape index (κ2) is 14.8. The van der Waals surface area contributed by atoms with E-state index in [0.29, 0.717) is 55.1 Å². The zero-order valence-corrected chi connectivity index (χ0v) is 25.9. The second-order valence-electron chi connectivity index (χ2n) is 9.00. The Balaban J connectivity index is 1.38. The first-order valence-electron chi connectivity index (χ1n) is 12.9. The maximum absolute atomic E-state index is 12.7. The Morgan fingerprint density at radius 1 is 1.12 bits per heavy atom. The number of benzene rings is 3. The predicted molar refractivity (Wildman–Crippen MR) is 169 cm³/mol. The van der Waals surface area contributed by atoms with Gasteiger partial charge in [-0.05, 0) is 71.3 Å². The number of para-hydroxylation sites is 1. The number of nitrogens with one attached hydrogen (secondary N) is 3. The summed E-state index contributed by atoms with van der Waals surface area (Å²) in [5.41, 5.74) is 5.67. The van der Waals surface area contributed by atoms with Crippen molar-refractivity contribution in [3.05, 3.63) is 104 Å². The number of hydrazone groups is 1. The molecule has 1 aliphatic heterocycles. The Bertz CT molecular complexity index is 1510. The van der Waals surface area contributed by atoms with Crippen LogP contribution in [0.5, 0.6) is 11.5 Å². The first-order chi connectivity index (χ1) is 20.3. The van der Waals surface area contributed by atoms with Crippen molar-refractivity contribution in [2.75, 3.05) is 13.2 Å². The first-order valence-corrected chi connectivity index (χ1v) is 14.5. The molecule has 1 amide bonds. The van der Waals surface area contributed by atoms with Gasteiger partial charge in [0.15, 0.2) is 17.5 Å². The summed E-state index contributed by atoms with van der Waals surface area (Å²) in [6, 6.07) is 19.6. The minimum atomic E-state index is -0.627. The molecule has 0 radical (unpaired) electrons. The van der Waals surface area contributed by atoms with Gasteiger partial charge in [0.05, 0.1) is 33.9 Å². The Kier molecular flexibility index (Phi) is 10.9. The molecule has 0 aromatic heterocycles. The topological polar surface area (TPSA) is 110 Å². The highest BCUT2D eigenvalue weighted by Crippen LogP contribution is 2.35. The number of carbonyl (C=O) groups is 2. The molecule has 0 bridgehead atoms. The quantitative estimate of drug-likeness (QED) is 0.105. The number of esters is 1. The maximum Gasteiger partial charge on any atom is 0.338 e. The van der Waals surface area contributed by atoms with Gasteiger partial charge >= 0.3 is 5.97 Å². The summed E-state index contributed by atoms with van der Waals surface area (Å²) in [6.45, 7) is 3.75. The van der Waals surface area contributed by atoms with Gasteiger partial charge in [-0.2, -0.15) is 5.10 Å². The molecular formula is C30H28BrClN4O5S. The van der Waals surface area contributed by atoms with E-state index in [1.54, 1.807) is 50.2 Å². The van der Waals surface area contributed by atoms with Gasteiger partial charge in [-0.1, -0.05) is 60.1 Å². The van der Waals surface area contributed by atoms with Gasteiger partial charge in [0, 0.05) is 11.3 Å². The van der Waals surface area contributed by atoms with E-state index in [0.717, 1.165) is 5.56 Å². The zero-order valence-electron chi connectivity index (χ0n) is 22.8. The molecule has 1 heterocycles. The van der Waals surface area contributed by atoms with Gasteiger partial charge in [-0.25, -0.2) is 10.2 Å². The zero-order chi connectivity index (χ0) is 30.1. The minimum absolute atomic E-state index is 0.223. The summed E-state index contributed by atoms with van der Waals surface area (Å²) >= 11 is 15.2. The van der Waals surface area contributed by atoms with Crippen molar-refractivity contribution < 1.29 is 23.8 Å². The van der Waals surface area contributed by atoms with E-state index in [4.69, 9.17) is 38.0 Å². The number of halogens is 2. The van der Waals surface area contributed by atoms with Crippen LogP contribution in [0.4, 0.5) is 0 Å². The number of nitrogens with zero attached hydrogens (tertiary/aromatic N) is 1. The van der Waals surface area contributed by atoms with Crippen LogP contribution in [0.15, 0.2) is 87.6 Å². The lowest BCUT2D eigenvalue weighted by Crippen LogP contribution is -2.45. The van der Waals surface area contributed by atoms with Crippen molar-refractivity contribution in [3.63, 3.8) is 0 Å². The monoisotopic (exact) mass is 670 g/mol. The number of allylic oxidation sites excluding steroid dienone is 1. The summed E-state index contributed by atoms with van der Waals surface area (Å²) in [5, 5.41) is 10.8. The number of amides is 1. The third kappa shape index (κ3) is 8.09. The highest BCUT2D eigenvalue weighted by molar-refractivity contribution is 9.10. The van der Waals surface area contributed by atoms with Crippen LogP contribution >= 0.6 is 39.7 Å². The highest BCUT2D eigenvalue weighted by Gasteiger charge is 2.32. The average Bonchev–Trinajstić information content (AvgIpc) is 2.96. The summed E-state index contributed by atoms with van der Waals surface area (Å²) in [5.74, 6) is -0.0590. The molecule has 0 spiro atoms. The summed E-state index contributed by atoms with van der Waals surface area (Å²) < 4.78 is 17.6. The van der Waals surface area contributed by atoms with Crippen LogP contribution in [0.25, 0.3) is 0 Å². The van der Waals surface area contributed by atoms with Gasteiger partial charge < -0.3 is 24.8 Å². The lowest BCUT2D eigenvalue weighted by atomic mass is 9.95. The van der Waals surface area contributed by atoms with E-state index in [9.17, 15) is 9.59 Å². The molecule has 0 fully saturated rings. The van der Waals surface area contributed by atoms with Crippen LogP contribution in [0, 0.1) is 0 Å². The molecule has 0 saturated heterocycles. The molecule has 3 aromatic carbocycles. The summed E-state index contributed by atoms with van der Waals surface area (Å²) in [4.78, 5) is 25.3. The summed E-state index contributed by atoms with van der Waals surface area (Å²) in [7, 11) is 0. The van der Waals surface area contributed by atoms with Crippen LogP contribution in [0.2, 0.25) is 5.02 Å². The largest absolute Gasteiger partial charge is 0.486 e. The molecule has 12 heteroatoms. The fourth-order valence-corrected chi connectivity index (χ4v) is 5.39. The molecule has 0 saturated carbocycles. The number of rotatable bonds is 11. The van der Waals surface area contributed by atoms with Crippen molar-refractivity contribution in [1.29, 1.82) is 0 Å². The molecule has 4 rings (SSSR count). The summed E-state index contributed by atoms with van der Waals surface area (Å²) in [6.07, 6.45) is 1.46. The van der Waals surface area contributed by atoms with Crippen molar-refractivity contribution >= 4 is 63.0 Å². The predicted octanol–water partition coefficient (Wildman–Crippen LogP) is 5.57. The van der Waals surface area contributed by atoms with Gasteiger partial charge in [-0.15, -0.1) is 0 Å². The van der Waals surface area contributed by atoms with E-state index in [-0.39, 0.29) is 13.2 Å². The second-order valence-corrected chi connectivity index (χ2v) is 10.7. The van der Waals surface area contributed by atoms with Crippen LogP contribution in [0.1, 0.15) is 36.6 Å². The number of hydrogen-bond acceptors (Lipinski definition) is 7.